The topological polar surface area (TPSA) is 54.4 Å². The summed E-state index contributed by atoms with van der Waals surface area (Å²) in [6.45, 7) is 11.6. The van der Waals surface area contributed by atoms with E-state index >= 15 is 0 Å². The average Bonchev–Trinajstić information content (AvgIpc) is 2.18. The van der Waals surface area contributed by atoms with Crippen molar-refractivity contribution in [3.8, 4) is 0 Å². The monoisotopic (exact) mass is 232 g/mol. The van der Waals surface area contributed by atoms with Crippen molar-refractivity contribution >= 4 is 10.1 Å². The fourth-order valence-corrected chi connectivity index (χ4v) is 1.74. The number of hydrogen-bond acceptors (Lipinski definition) is 2. The highest BCUT2D eigenvalue weighted by Gasteiger charge is 2.16. The molecule has 5 heteroatoms. The van der Waals surface area contributed by atoms with Crippen molar-refractivity contribution in [1.82, 2.24) is 0 Å². The van der Waals surface area contributed by atoms with Gasteiger partial charge in [0.2, 0.25) is 0 Å². The van der Waals surface area contributed by atoms with Crippen molar-refractivity contribution in [2.45, 2.75) is 12.8 Å². The summed E-state index contributed by atoms with van der Waals surface area (Å²) in [7, 11) is -3.85. The number of unbranched alkanes of at least 4 members (excludes halogenated alkanes) is 1. The van der Waals surface area contributed by atoms with Crippen molar-refractivity contribution < 1.29 is 17.5 Å². The second kappa shape index (κ2) is 5.85. The lowest BCUT2D eigenvalue weighted by atomic mass is 10.3. The largest absolute Gasteiger partial charge is 0.286 e. The minimum Gasteiger partial charge on any atom is -0.286 e. The van der Waals surface area contributed by atoms with Crippen LogP contribution in [0, 0.1) is 0 Å². The van der Waals surface area contributed by atoms with Gasteiger partial charge >= 0.3 is 0 Å². The van der Waals surface area contributed by atoms with E-state index in [1.54, 1.807) is 18.6 Å². The van der Waals surface area contributed by atoms with Crippen LogP contribution in [0.15, 0.2) is 38.3 Å². The normalized spacial score (nSPS) is 12.1. The van der Waals surface area contributed by atoms with E-state index in [0.717, 1.165) is 0 Å². The molecule has 0 radical (unpaired) electrons. The third-order valence-electron chi connectivity index (χ3n) is 2.22. The van der Waals surface area contributed by atoms with E-state index in [2.05, 4.69) is 19.7 Å². The van der Waals surface area contributed by atoms with Crippen LogP contribution < -0.4 is 0 Å². The molecule has 15 heavy (non-hydrogen) atoms. The zero-order valence-electron chi connectivity index (χ0n) is 8.80. The molecule has 0 rings (SSSR count). The van der Waals surface area contributed by atoms with E-state index in [-0.39, 0.29) is 5.75 Å². The Hall–Kier alpha value is -0.910. The van der Waals surface area contributed by atoms with E-state index in [0.29, 0.717) is 23.9 Å². The van der Waals surface area contributed by atoms with Gasteiger partial charge in [0.1, 0.15) is 0 Å². The maximum atomic E-state index is 10.5. The fraction of sp³-hybridized carbons (Fsp3) is 0.400. The van der Waals surface area contributed by atoms with Crippen LogP contribution in [0.1, 0.15) is 12.8 Å². The van der Waals surface area contributed by atoms with Gasteiger partial charge in [-0.15, -0.1) is 0 Å². The molecule has 0 aliphatic heterocycles. The molecule has 0 aromatic rings. The molecule has 0 heterocycles. The van der Waals surface area contributed by atoms with E-state index < -0.39 is 10.1 Å². The van der Waals surface area contributed by atoms with Gasteiger partial charge in [-0.25, -0.2) is 4.48 Å². The van der Waals surface area contributed by atoms with Gasteiger partial charge in [-0.2, -0.15) is 8.42 Å². The van der Waals surface area contributed by atoms with Crippen molar-refractivity contribution in [3.05, 3.63) is 38.3 Å². The maximum Gasteiger partial charge on any atom is 0.264 e. The van der Waals surface area contributed by atoms with Crippen LogP contribution in [0.5, 0.6) is 0 Å². The summed E-state index contributed by atoms with van der Waals surface area (Å²) in [5.74, 6) is -0.210. The number of rotatable bonds is 8. The van der Waals surface area contributed by atoms with Crippen LogP contribution >= 0.6 is 0 Å². The lowest BCUT2D eigenvalue weighted by Gasteiger charge is -2.24. The van der Waals surface area contributed by atoms with E-state index in [1.165, 1.54) is 0 Å². The Morgan fingerprint density at radius 3 is 1.87 bits per heavy atom. The highest BCUT2D eigenvalue weighted by atomic mass is 32.2. The molecule has 0 spiro atoms. The fourth-order valence-electron chi connectivity index (χ4n) is 1.17. The van der Waals surface area contributed by atoms with Crippen molar-refractivity contribution in [3.63, 3.8) is 0 Å². The van der Waals surface area contributed by atoms with Gasteiger partial charge in [0.05, 0.1) is 30.9 Å². The Bertz CT molecular complexity index is 311. The molecule has 0 aromatic heterocycles. The first-order valence-corrected chi connectivity index (χ1v) is 6.23. The summed E-state index contributed by atoms with van der Waals surface area (Å²) < 4.78 is 29.8. The number of quaternary nitrogens is 1. The molecule has 0 aromatic carbocycles. The molecule has 0 aliphatic rings. The first kappa shape index (κ1) is 14.1. The Balaban J connectivity index is 4.09. The summed E-state index contributed by atoms with van der Waals surface area (Å²) in [5, 5.41) is 0. The molecule has 0 saturated heterocycles. The van der Waals surface area contributed by atoms with Crippen LogP contribution in [0.2, 0.25) is 0 Å². The molecule has 0 bridgehead atoms. The van der Waals surface area contributed by atoms with Gasteiger partial charge in [-0.05, 0) is 32.6 Å². The standard InChI is InChI=1S/C10H17NO3S/c1-4-11(5-2,6-3)9-7-8-10-15(12,13)14/h4-6H,1-3,7-10H2/p+1. The predicted molar refractivity (Wildman–Crippen MR) is 61.4 cm³/mol. The Morgan fingerprint density at radius 1 is 1.07 bits per heavy atom. The van der Waals surface area contributed by atoms with Gasteiger partial charge in [-0.3, -0.25) is 4.55 Å². The quantitative estimate of drug-likeness (QED) is 0.395. The molecule has 0 unspecified atom stereocenters. The van der Waals surface area contributed by atoms with Gasteiger partial charge in [0.15, 0.2) is 0 Å². The number of hydrogen-bond donors (Lipinski definition) is 1. The van der Waals surface area contributed by atoms with Crippen LogP contribution in [-0.2, 0) is 10.1 Å². The third kappa shape index (κ3) is 5.51. The second-order valence-electron chi connectivity index (χ2n) is 3.26. The molecule has 0 fully saturated rings. The Kier molecular flexibility index (Phi) is 5.49. The lowest BCUT2D eigenvalue weighted by molar-refractivity contribution is -0.772. The molecule has 0 amide bonds. The zero-order valence-corrected chi connectivity index (χ0v) is 9.62. The van der Waals surface area contributed by atoms with Gasteiger partial charge < -0.3 is 0 Å². The van der Waals surface area contributed by atoms with E-state index in [9.17, 15) is 8.42 Å². The maximum absolute atomic E-state index is 10.5. The SMILES string of the molecule is C=C[N+](C=C)(C=C)CCCCS(=O)(=O)O. The number of nitrogens with zero attached hydrogens (tertiary/aromatic N) is 1. The van der Waals surface area contributed by atoms with E-state index in [1.807, 2.05) is 0 Å². The smallest absolute Gasteiger partial charge is 0.264 e. The van der Waals surface area contributed by atoms with Gasteiger partial charge in [0, 0.05) is 0 Å². The zero-order chi connectivity index (χ0) is 11.9. The van der Waals surface area contributed by atoms with Crippen molar-refractivity contribution in [2.75, 3.05) is 12.3 Å². The molecule has 0 aliphatic carbocycles. The first-order chi connectivity index (χ1) is 6.89. The Labute approximate surface area is 91.6 Å². The summed E-state index contributed by atoms with van der Waals surface area (Å²) in [5.41, 5.74) is 0. The third-order valence-corrected chi connectivity index (χ3v) is 3.02. The minimum atomic E-state index is -3.85. The molecule has 1 N–H and O–H groups in total. The van der Waals surface area contributed by atoms with Crippen molar-refractivity contribution in [2.24, 2.45) is 0 Å². The highest BCUT2D eigenvalue weighted by molar-refractivity contribution is 7.85. The van der Waals surface area contributed by atoms with Crippen LogP contribution in [-0.4, -0.2) is 29.8 Å². The molecule has 86 valence electrons. The molecular weight excluding hydrogens is 214 g/mol. The molecule has 0 atom stereocenters. The second-order valence-corrected chi connectivity index (χ2v) is 4.83. The summed E-state index contributed by atoms with van der Waals surface area (Å²) in [6.07, 6.45) is 6.08. The summed E-state index contributed by atoms with van der Waals surface area (Å²) in [4.78, 5) is 0. The van der Waals surface area contributed by atoms with Crippen LogP contribution in [0.3, 0.4) is 0 Å². The van der Waals surface area contributed by atoms with Crippen molar-refractivity contribution in [1.29, 1.82) is 0 Å². The average molecular weight is 232 g/mol. The first-order valence-electron chi connectivity index (χ1n) is 4.62. The highest BCUT2D eigenvalue weighted by Crippen LogP contribution is 2.11. The molecule has 0 saturated carbocycles. The predicted octanol–water partition coefficient (Wildman–Crippen LogP) is 1.90. The summed E-state index contributed by atoms with van der Waals surface area (Å²) in [6, 6.07) is 0. The van der Waals surface area contributed by atoms with E-state index in [4.69, 9.17) is 4.55 Å². The summed E-state index contributed by atoms with van der Waals surface area (Å²) >= 11 is 0. The molecular formula is C10H18NO3S+. The lowest BCUT2D eigenvalue weighted by Crippen LogP contribution is -2.31. The van der Waals surface area contributed by atoms with Gasteiger partial charge in [0.25, 0.3) is 10.1 Å². The van der Waals surface area contributed by atoms with Gasteiger partial charge in [-0.1, -0.05) is 0 Å². The van der Waals surface area contributed by atoms with Crippen LogP contribution in [0.25, 0.3) is 0 Å². The molecule has 4 nitrogen and oxygen atoms in total. The Morgan fingerprint density at radius 2 is 1.53 bits per heavy atom. The van der Waals surface area contributed by atoms with Crippen LogP contribution in [0.4, 0.5) is 0 Å². The minimum absolute atomic E-state index is 0.210.